The molecular weight excluding hydrogens is 339 g/mol. The van der Waals surface area contributed by atoms with E-state index in [1.807, 2.05) is 0 Å². The molecule has 3 heterocycles. The number of likely N-dealkylation sites (tertiary alicyclic amines) is 1. The number of amides is 1. The van der Waals surface area contributed by atoms with Crippen LogP contribution in [0.4, 0.5) is 10.1 Å². The van der Waals surface area contributed by atoms with E-state index in [1.54, 1.807) is 28.4 Å². The molecule has 25 heavy (non-hydrogen) atoms. The zero-order valence-electron chi connectivity index (χ0n) is 14.0. The summed E-state index contributed by atoms with van der Waals surface area (Å²) in [5, 5.41) is 4.29. The first-order chi connectivity index (χ1) is 12.1. The molecule has 0 saturated carbocycles. The van der Waals surface area contributed by atoms with Crippen LogP contribution in [0.1, 0.15) is 18.4 Å². The van der Waals surface area contributed by atoms with E-state index in [2.05, 4.69) is 21.7 Å². The van der Waals surface area contributed by atoms with Gasteiger partial charge in [0.1, 0.15) is 12.4 Å². The third kappa shape index (κ3) is 3.61. The first-order valence-electron chi connectivity index (χ1n) is 8.57. The molecule has 0 unspecified atom stereocenters. The highest BCUT2D eigenvalue weighted by molar-refractivity contribution is 7.07. The Balaban J connectivity index is 1.43. The van der Waals surface area contributed by atoms with Crippen LogP contribution in [0.2, 0.25) is 0 Å². The number of morpholine rings is 1. The predicted molar refractivity (Wildman–Crippen MR) is 96.3 cm³/mol. The Bertz CT molecular complexity index is 742. The van der Waals surface area contributed by atoms with Crippen molar-refractivity contribution in [2.45, 2.75) is 25.0 Å². The monoisotopic (exact) mass is 360 g/mol. The Morgan fingerprint density at radius 2 is 2.08 bits per heavy atom. The number of hydrogen-bond donors (Lipinski definition) is 0. The highest BCUT2D eigenvalue weighted by Crippen LogP contribution is 2.33. The van der Waals surface area contributed by atoms with Crippen LogP contribution in [0, 0.1) is 5.82 Å². The van der Waals surface area contributed by atoms with E-state index in [4.69, 9.17) is 4.74 Å². The first-order valence-corrected chi connectivity index (χ1v) is 9.51. The lowest BCUT2D eigenvalue weighted by atomic mass is 9.89. The number of carbonyl (C=O) groups is 1. The van der Waals surface area contributed by atoms with Crippen LogP contribution in [0.25, 0.3) is 0 Å². The normalized spacial score (nSPS) is 21.0. The SMILES string of the molecule is O=C1COC2(CCN(Cc3ccsc3)CC2)CN1c1cccc(F)c1. The van der Waals surface area contributed by atoms with Gasteiger partial charge in [-0.1, -0.05) is 6.07 Å². The summed E-state index contributed by atoms with van der Waals surface area (Å²) in [6, 6.07) is 8.40. The summed E-state index contributed by atoms with van der Waals surface area (Å²) in [5.74, 6) is -0.423. The minimum Gasteiger partial charge on any atom is -0.363 e. The molecule has 4 rings (SSSR count). The van der Waals surface area contributed by atoms with E-state index in [1.165, 1.54) is 17.7 Å². The van der Waals surface area contributed by atoms with E-state index < -0.39 is 0 Å². The molecule has 0 radical (unpaired) electrons. The van der Waals surface area contributed by atoms with Crippen LogP contribution in [0.15, 0.2) is 41.1 Å². The minimum atomic E-state index is -0.323. The predicted octanol–water partition coefficient (Wildman–Crippen LogP) is 3.29. The first kappa shape index (κ1) is 16.7. The Hall–Kier alpha value is -1.76. The highest BCUT2D eigenvalue weighted by atomic mass is 32.1. The summed E-state index contributed by atoms with van der Waals surface area (Å²) in [5.41, 5.74) is 1.65. The number of anilines is 1. The fraction of sp³-hybridized carbons (Fsp3) is 0.421. The van der Waals surface area contributed by atoms with Gasteiger partial charge in [0.25, 0.3) is 5.91 Å². The number of hydrogen-bond acceptors (Lipinski definition) is 4. The van der Waals surface area contributed by atoms with Gasteiger partial charge in [0.15, 0.2) is 0 Å². The van der Waals surface area contributed by atoms with Gasteiger partial charge in [0, 0.05) is 25.3 Å². The molecule has 2 aliphatic heterocycles. The summed E-state index contributed by atoms with van der Waals surface area (Å²) >= 11 is 1.72. The van der Waals surface area contributed by atoms with Crippen molar-refractivity contribution in [3.8, 4) is 0 Å². The number of nitrogens with zero attached hydrogens (tertiary/aromatic N) is 2. The van der Waals surface area contributed by atoms with Crippen LogP contribution in [-0.4, -0.2) is 42.6 Å². The summed E-state index contributed by atoms with van der Waals surface area (Å²) in [4.78, 5) is 16.4. The van der Waals surface area contributed by atoms with Crippen LogP contribution in [-0.2, 0) is 16.1 Å². The van der Waals surface area contributed by atoms with Crippen molar-refractivity contribution >= 4 is 22.9 Å². The molecule has 132 valence electrons. The van der Waals surface area contributed by atoms with Gasteiger partial charge in [0.2, 0.25) is 0 Å². The molecule has 1 spiro atoms. The van der Waals surface area contributed by atoms with Gasteiger partial charge < -0.3 is 9.64 Å². The molecule has 0 aliphatic carbocycles. The number of halogens is 1. The summed E-state index contributed by atoms with van der Waals surface area (Å²) in [6.45, 7) is 3.43. The number of carbonyl (C=O) groups excluding carboxylic acids is 1. The lowest BCUT2D eigenvalue weighted by molar-refractivity contribution is -0.144. The number of ether oxygens (including phenoxy) is 1. The third-order valence-electron chi connectivity index (χ3n) is 5.12. The molecule has 0 atom stereocenters. The largest absolute Gasteiger partial charge is 0.363 e. The Morgan fingerprint density at radius 1 is 1.24 bits per heavy atom. The maximum Gasteiger partial charge on any atom is 0.253 e. The zero-order valence-corrected chi connectivity index (χ0v) is 14.8. The number of rotatable bonds is 3. The van der Waals surface area contributed by atoms with Crippen molar-refractivity contribution < 1.29 is 13.9 Å². The van der Waals surface area contributed by atoms with Gasteiger partial charge in [-0.3, -0.25) is 9.69 Å². The summed E-state index contributed by atoms with van der Waals surface area (Å²) in [6.07, 6.45) is 1.77. The van der Waals surface area contributed by atoms with Gasteiger partial charge in [-0.05, 0) is 53.4 Å². The maximum atomic E-state index is 13.5. The van der Waals surface area contributed by atoms with E-state index in [-0.39, 0.29) is 23.9 Å². The summed E-state index contributed by atoms with van der Waals surface area (Å²) in [7, 11) is 0. The third-order valence-corrected chi connectivity index (χ3v) is 5.85. The average Bonchev–Trinajstić information content (AvgIpc) is 3.12. The number of benzene rings is 1. The van der Waals surface area contributed by atoms with E-state index in [0.717, 1.165) is 32.5 Å². The van der Waals surface area contributed by atoms with Crippen molar-refractivity contribution in [2.24, 2.45) is 0 Å². The lowest BCUT2D eigenvalue weighted by Gasteiger charge is -2.47. The Labute approximate surface area is 150 Å². The van der Waals surface area contributed by atoms with E-state index in [9.17, 15) is 9.18 Å². The Kier molecular flexibility index (Phi) is 4.58. The molecule has 2 saturated heterocycles. The molecule has 2 fully saturated rings. The smallest absolute Gasteiger partial charge is 0.253 e. The minimum absolute atomic E-state index is 0.0705. The molecule has 2 aromatic rings. The molecular formula is C19H21FN2O2S. The van der Waals surface area contributed by atoms with E-state index in [0.29, 0.717) is 12.2 Å². The zero-order chi connectivity index (χ0) is 17.3. The number of thiophene rings is 1. The van der Waals surface area contributed by atoms with Gasteiger partial charge >= 0.3 is 0 Å². The van der Waals surface area contributed by atoms with Crippen molar-refractivity contribution in [1.29, 1.82) is 0 Å². The Morgan fingerprint density at radius 3 is 2.80 bits per heavy atom. The van der Waals surface area contributed by atoms with Crippen molar-refractivity contribution in [1.82, 2.24) is 4.90 Å². The van der Waals surface area contributed by atoms with Crippen LogP contribution in [0.3, 0.4) is 0 Å². The molecule has 2 aliphatic rings. The molecule has 0 N–H and O–H groups in total. The number of piperidine rings is 1. The van der Waals surface area contributed by atoms with Crippen LogP contribution >= 0.6 is 11.3 Å². The molecule has 1 amide bonds. The molecule has 1 aromatic heterocycles. The topological polar surface area (TPSA) is 32.8 Å². The lowest BCUT2D eigenvalue weighted by Crippen LogP contribution is -2.58. The van der Waals surface area contributed by atoms with Crippen molar-refractivity contribution in [3.63, 3.8) is 0 Å². The van der Waals surface area contributed by atoms with Crippen LogP contribution < -0.4 is 4.90 Å². The standard InChI is InChI=1S/C19H21FN2O2S/c20-16-2-1-3-17(10-16)22-14-19(24-12-18(22)23)5-7-21(8-6-19)11-15-4-9-25-13-15/h1-4,9-10,13H,5-8,11-12,14H2. The van der Waals surface area contributed by atoms with Crippen molar-refractivity contribution in [2.75, 3.05) is 31.1 Å². The van der Waals surface area contributed by atoms with Crippen LogP contribution in [0.5, 0.6) is 0 Å². The molecule has 6 heteroatoms. The summed E-state index contributed by atoms with van der Waals surface area (Å²) < 4.78 is 19.5. The fourth-order valence-electron chi connectivity index (χ4n) is 3.66. The van der Waals surface area contributed by atoms with Gasteiger partial charge in [-0.2, -0.15) is 11.3 Å². The quantitative estimate of drug-likeness (QED) is 0.842. The molecule has 4 nitrogen and oxygen atoms in total. The average molecular weight is 360 g/mol. The van der Waals surface area contributed by atoms with Gasteiger partial charge in [-0.15, -0.1) is 0 Å². The fourth-order valence-corrected chi connectivity index (χ4v) is 4.32. The second-order valence-electron chi connectivity index (χ2n) is 6.84. The van der Waals surface area contributed by atoms with Gasteiger partial charge in [0.05, 0.1) is 12.1 Å². The highest BCUT2D eigenvalue weighted by Gasteiger charge is 2.42. The molecule has 1 aromatic carbocycles. The second-order valence-corrected chi connectivity index (χ2v) is 7.62. The van der Waals surface area contributed by atoms with Crippen molar-refractivity contribution in [3.05, 3.63) is 52.5 Å². The van der Waals surface area contributed by atoms with Gasteiger partial charge in [-0.25, -0.2) is 4.39 Å². The van der Waals surface area contributed by atoms with E-state index >= 15 is 0 Å². The molecule has 0 bridgehead atoms. The maximum absolute atomic E-state index is 13.5. The second kappa shape index (κ2) is 6.86.